The van der Waals surface area contributed by atoms with Gasteiger partial charge in [-0.05, 0) is 23.8 Å². The van der Waals surface area contributed by atoms with E-state index in [1.54, 1.807) is 12.1 Å². The Morgan fingerprint density at radius 3 is 2.67 bits per heavy atom. The second-order valence-electron chi connectivity index (χ2n) is 5.23. The third kappa shape index (κ3) is 4.02. The first-order valence-corrected chi connectivity index (χ1v) is 9.26. The van der Waals surface area contributed by atoms with Gasteiger partial charge in [-0.1, -0.05) is 35.3 Å². The molecule has 1 fully saturated rings. The summed E-state index contributed by atoms with van der Waals surface area (Å²) in [7, 11) is -3.69. The fourth-order valence-corrected chi connectivity index (χ4v) is 4.68. The lowest BCUT2D eigenvalue weighted by Gasteiger charge is -2.35. The van der Waals surface area contributed by atoms with E-state index in [1.807, 2.05) is 12.1 Å². The average molecular weight is 409 g/mol. The molecule has 0 aliphatic carbocycles. The van der Waals surface area contributed by atoms with Crippen molar-refractivity contribution in [3.63, 3.8) is 0 Å². The molecule has 1 aliphatic heterocycles. The molecule has 0 radical (unpaired) electrons. The predicted octanol–water partition coefficient (Wildman–Crippen LogP) is 3.15. The SMILES string of the molecule is Cl.O=S(=O)(c1cncc(Cl)c1)N1CCNCC1c1cccc(Cl)c1. The van der Waals surface area contributed by atoms with Crippen LogP contribution in [0.5, 0.6) is 0 Å². The van der Waals surface area contributed by atoms with Crippen LogP contribution in [-0.2, 0) is 10.0 Å². The van der Waals surface area contributed by atoms with Gasteiger partial charge in [0.05, 0.1) is 11.1 Å². The number of rotatable bonds is 3. The van der Waals surface area contributed by atoms with Crippen molar-refractivity contribution < 1.29 is 8.42 Å². The Morgan fingerprint density at radius 1 is 1.17 bits per heavy atom. The Hall–Kier alpha value is -0.890. The number of nitrogens with zero attached hydrogens (tertiary/aromatic N) is 2. The van der Waals surface area contributed by atoms with Crippen LogP contribution < -0.4 is 5.32 Å². The highest BCUT2D eigenvalue weighted by Gasteiger charge is 2.34. The fraction of sp³-hybridized carbons (Fsp3) is 0.267. The van der Waals surface area contributed by atoms with Gasteiger partial charge in [-0.2, -0.15) is 4.31 Å². The van der Waals surface area contributed by atoms with Crippen molar-refractivity contribution in [1.82, 2.24) is 14.6 Å². The monoisotopic (exact) mass is 407 g/mol. The summed E-state index contributed by atoms with van der Waals surface area (Å²) >= 11 is 11.9. The van der Waals surface area contributed by atoms with E-state index in [-0.39, 0.29) is 23.3 Å². The lowest BCUT2D eigenvalue weighted by molar-refractivity contribution is 0.271. The minimum absolute atomic E-state index is 0. The van der Waals surface area contributed by atoms with Crippen LogP contribution in [0.15, 0.2) is 47.6 Å². The van der Waals surface area contributed by atoms with Gasteiger partial charge in [-0.25, -0.2) is 8.42 Å². The summed E-state index contributed by atoms with van der Waals surface area (Å²) in [5.41, 5.74) is 0.850. The standard InChI is InChI=1S/C15H15Cl2N3O2S.ClH/c16-12-3-1-2-11(6-12)15-10-18-4-5-20(15)23(21,22)14-7-13(17)8-19-9-14;/h1-3,6-9,15,18H,4-5,10H2;1H. The van der Waals surface area contributed by atoms with Crippen LogP contribution in [0.3, 0.4) is 0 Å². The van der Waals surface area contributed by atoms with Gasteiger partial charge in [0, 0.05) is 37.1 Å². The molecule has 130 valence electrons. The van der Waals surface area contributed by atoms with Crippen molar-refractivity contribution in [3.05, 3.63) is 58.3 Å². The number of piperazine rings is 1. The van der Waals surface area contributed by atoms with E-state index >= 15 is 0 Å². The highest BCUT2D eigenvalue weighted by Crippen LogP contribution is 2.30. The molecule has 1 aromatic heterocycles. The molecular weight excluding hydrogens is 393 g/mol. The van der Waals surface area contributed by atoms with Crippen LogP contribution in [0.2, 0.25) is 10.0 Å². The molecule has 0 amide bonds. The van der Waals surface area contributed by atoms with Crippen molar-refractivity contribution in [2.45, 2.75) is 10.9 Å². The number of pyridine rings is 1. The summed E-state index contributed by atoms with van der Waals surface area (Å²) in [6, 6.07) is 8.34. The Labute approximate surface area is 157 Å². The molecule has 1 atom stereocenters. The van der Waals surface area contributed by atoms with Gasteiger partial charge in [0.25, 0.3) is 0 Å². The van der Waals surface area contributed by atoms with Crippen LogP contribution in [0.1, 0.15) is 11.6 Å². The average Bonchev–Trinajstić information content (AvgIpc) is 2.55. The number of sulfonamides is 1. The Balaban J connectivity index is 0.00000208. The first-order chi connectivity index (χ1) is 11.0. The van der Waals surface area contributed by atoms with Crippen LogP contribution >= 0.6 is 35.6 Å². The molecule has 0 spiro atoms. The minimum Gasteiger partial charge on any atom is -0.313 e. The maximum atomic E-state index is 13.0. The highest BCUT2D eigenvalue weighted by molar-refractivity contribution is 7.89. The van der Waals surface area contributed by atoms with Gasteiger partial charge in [-0.15, -0.1) is 12.4 Å². The molecule has 2 aromatic rings. The maximum absolute atomic E-state index is 13.0. The third-order valence-corrected chi connectivity index (χ3v) is 6.03. The molecule has 5 nitrogen and oxygen atoms in total. The van der Waals surface area contributed by atoms with E-state index in [0.29, 0.717) is 29.7 Å². The van der Waals surface area contributed by atoms with E-state index in [2.05, 4.69) is 10.3 Å². The number of hydrogen-bond acceptors (Lipinski definition) is 4. The highest BCUT2D eigenvalue weighted by atomic mass is 35.5. The molecular formula is C15H16Cl3N3O2S. The van der Waals surface area contributed by atoms with Crippen LogP contribution in [0.25, 0.3) is 0 Å². The summed E-state index contributed by atoms with van der Waals surface area (Å²) in [4.78, 5) is 3.98. The zero-order chi connectivity index (χ0) is 16.4. The van der Waals surface area contributed by atoms with E-state index in [1.165, 1.54) is 22.8 Å². The molecule has 24 heavy (non-hydrogen) atoms. The summed E-state index contributed by atoms with van der Waals surface area (Å²) in [5, 5.41) is 4.10. The van der Waals surface area contributed by atoms with E-state index in [4.69, 9.17) is 23.2 Å². The number of nitrogens with one attached hydrogen (secondary N) is 1. The third-order valence-electron chi connectivity index (χ3n) is 3.71. The molecule has 1 unspecified atom stereocenters. The molecule has 0 saturated carbocycles. The summed E-state index contributed by atoms with van der Waals surface area (Å²) in [6.07, 6.45) is 2.73. The van der Waals surface area contributed by atoms with Crippen molar-refractivity contribution >= 4 is 45.6 Å². The molecule has 1 aliphatic rings. The van der Waals surface area contributed by atoms with Crippen molar-refractivity contribution in [1.29, 1.82) is 0 Å². The Morgan fingerprint density at radius 2 is 1.96 bits per heavy atom. The lowest BCUT2D eigenvalue weighted by atomic mass is 10.1. The number of aromatic nitrogens is 1. The van der Waals surface area contributed by atoms with Crippen LogP contribution in [-0.4, -0.2) is 37.3 Å². The number of halogens is 3. The van der Waals surface area contributed by atoms with Crippen LogP contribution in [0.4, 0.5) is 0 Å². The second kappa shape index (κ2) is 7.99. The summed E-state index contributed by atoms with van der Waals surface area (Å²) in [5.74, 6) is 0. The molecule has 2 heterocycles. The zero-order valence-corrected chi connectivity index (χ0v) is 15.7. The van der Waals surface area contributed by atoms with Crippen molar-refractivity contribution in [3.8, 4) is 0 Å². The fourth-order valence-electron chi connectivity index (χ4n) is 2.64. The van der Waals surface area contributed by atoms with Gasteiger partial charge in [0.15, 0.2) is 0 Å². The first-order valence-electron chi connectivity index (χ1n) is 7.07. The van der Waals surface area contributed by atoms with Gasteiger partial charge in [0.2, 0.25) is 10.0 Å². The predicted molar refractivity (Wildman–Crippen MR) is 97.4 cm³/mol. The van der Waals surface area contributed by atoms with Gasteiger partial charge in [0.1, 0.15) is 4.90 Å². The smallest absolute Gasteiger partial charge is 0.245 e. The minimum atomic E-state index is -3.69. The molecule has 1 aromatic carbocycles. The van der Waals surface area contributed by atoms with Gasteiger partial charge < -0.3 is 5.32 Å². The largest absolute Gasteiger partial charge is 0.313 e. The topological polar surface area (TPSA) is 62.3 Å². The summed E-state index contributed by atoms with van der Waals surface area (Å²) < 4.78 is 27.4. The molecule has 0 bridgehead atoms. The second-order valence-corrected chi connectivity index (χ2v) is 7.99. The maximum Gasteiger partial charge on any atom is 0.245 e. The number of hydrogen-bond donors (Lipinski definition) is 1. The molecule has 3 rings (SSSR count). The summed E-state index contributed by atoms with van der Waals surface area (Å²) in [6.45, 7) is 1.48. The molecule has 9 heteroatoms. The lowest BCUT2D eigenvalue weighted by Crippen LogP contribution is -2.48. The van der Waals surface area contributed by atoms with E-state index in [9.17, 15) is 8.42 Å². The number of benzene rings is 1. The van der Waals surface area contributed by atoms with Crippen LogP contribution in [0, 0.1) is 0 Å². The molecule has 1 saturated heterocycles. The molecule has 1 N–H and O–H groups in total. The van der Waals surface area contributed by atoms with Gasteiger partial charge >= 0.3 is 0 Å². The quantitative estimate of drug-likeness (QED) is 0.847. The van der Waals surface area contributed by atoms with Crippen molar-refractivity contribution in [2.24, 2.45) is 0 Å². The normalized spacial score (nSPS) is 18.8. The first kappa shape index (κ1) is 19.4. The van der Waals surface area contributed by atoms with E-state index < -0.39 is 10.0 Å². The van der Waals surface area contributed by atoms with Crippen molar-refractivity contribution in [2.75, 3.05) is 19.6 Å². The van der Waals surface area contributed by atoms with Gasteiger partial charge in [-0.3, -0.25) is 4.98 Å². The Bertz CT molecular complexity index is 817. The zero-order valence-electron chi connectivity index (χ0n) is 12.5. The van der Waals surface area contributed by atoms with E-state index in [0.717, 1.165) is 5.56 Å². The Kier molecular flexibility index (Phi) is 6.47.